The molecular formula is C16H12N2O3. The lowest BCUT2D eigenvalue weighted by atomic mass is 10.3. The molecule has 21 heavy (non-hydrogen) atoms. The SMILES string of the molecule is O=c1c(Oc2ccccc2)c(O)cnn1-c1ccccc1. The number of hydrogen-bond donors (Lipinski definition) is 1. The standard InChI is InChI=1S/C16H12N2O3/c19-14-11-17-18(12-7-3-1-4-8-12)16(20)15(14)21-13-9-5-2-6-10-13/h1-11,19H. The van der Waals surface area contributed by atoms with Crippen molar-refractivity contribution in [1.82, 2.24) is 9.78 Å². The maximum absolute atomic E-state index is 12.4. The van der Waals surface area contributed by atoms with E-state index in [2.05, 4.69) is 5.10 Å². The minimum Gasteiger partial charge on any atom is -0.503 e. The Kier molecular flexibility index (Phi) is 3.39. The van der Waals surface area contributed by atoms with Crippen LogP contribution in [0.4, 0.5) is 0 Å². The van der Waals surface area contributed by atoms with Crippen molar-refractivity contribution in [3.05, 3.63) is 77.2 Å². The minimum atomic E-state index is -0.523. The third-order valence-corrected chi connectivity index (χ3v) is 2.88. The molecule has 0 saturated heterocycles. The van der Waals surface area contributed by atoms with Crippen LogP contribution in [-0.4, -0.2) is 14.9 Å². The van der Waals surface area contributed by atoms with Crippen molar-refractivity contribution in [2.45, 2.75) is 0 Å². The van der Waals surface area contributed by atoms with Crippen LogP contribution in [0.1, 0.15) is 0 Å². The van der Waals surface area contributed by atoms with Gasteiger partial charge in [0.2, 0.25) is 5.75 Å². The molecule has 1 N–H and O–H groups in total. The molecule has 0 fully saturated rings. The second-order valence-electron chi connectivity index (χ2n) is 4.33. The van der Waals surface area contributed by atoms with Crippen LogP contribution >= 0.6 is 0 Å². The van der Waals surface area contributed by atoms with Crippen LogP contribution in [0.3, 0.4) is 0 Å². The summed E-state index contributed by atoms with van der Waals surface area (Å²) in [6.45, 7) is 0. The first kappa shape index (κ1) is 12.9. The van der Waals surface area contributed by atoms with Gasteiger partial charge in [-0.05, 0) is 24.3 Å². The summed E-state index contributed by atoms with van der Waals surface area (Å²) in [4.78, 5) is 12.4. The number of para-hydroxylation sites is 2. The normalized spacial score (nSPS) is 10.3. The molecule has 0 unspecified atom stereocenters. The molecule has 0 amide bonds. The Hall–Kier alpha value is -3.08. The molecule has 0 aliphatic carbocycles. The second kappa shape index (κ2) is 5.50. The van der Waals surface area contributed by atoms with Crippen LogP contribution in [0, 0.1) is 0 Å². The average Bonchev–Trinajstić information content (AvgIpc) is 2.53. The van der Waals surface area contributed by atoms with E-state index in [1.807, 2.05) is 12.1 Å². The molecule has 3 aromatic rings. The van der Waals surface area contributed by atoms with Gasteiger partial charge in [-0.15, -0.1) is 0 Å². The predicted octanol–water partition coefficient (Wildman–Crippen LogP) is 2.73. The summed E-state index contributed by atoms with van der Waals surface area (Å²) in [7, 11) is 0. The van der Waals surface area contributed by atoms with Crippen molar-refractivity contribution >= 4 is 0 Å². The Morgan fingerprint density at radius 1 is 0.952 bits per heavy atom. The largest absolute Gasteiger partial charge is 0.503 e. The molecule has 1 heterocycles. The van der Waals surface area contributed by atoms with Crippen LogP contribution in [0.5, 0.6) is 17.2 Å². The van der Waals surface area contributed by atoms with Gasteiger partial charge < -0.3 is 9.84 Å². The van der Waals surface area contributed by atoms with Gasteiger partial charge in [-0.1, -0.05) is 36.4 Å². The fourth-order valence-corrected chi connectivity index (χ4v) is 1.88. The summed E-state index contributed by atoms with van der Waals surface area (Å²) in [5.41, 5.74) is 0.0745. The number of rotatable bonds is 3. The molecule has 0 aliphatic rings. The summed E-state index contributed by atoms with van der Waals surface area (Å²) in [5.74, 6) is 0.0202. The lowest BCUT2D eigenvalue weighted by Crippen LogP contribution is -2.21. The smallest absolute Gasteiger partial charge is 0.318 e. The first-order chi connectivity index (χ1) is 10.3. The number of nitrogens with zero attached hydrogens (tertiary/aromatic N) is 2. The van der Waals surface area contributed by atoms with Crippen molar-refractivity contribution < 1.29 is 9.84 Å². The highest BCUT2D eigenvalue weighted by Crippen LogP contribution is 2.25. The molecule has 0 aliphatic heterocycles. The molecule has 104 valence electrons. The molecule has 0 spiro atoms. The second-order valence-corrected chi connectivity index (χ2v) is 4.33. The number of benzene rings is 2. The van der Waals surface area contributed by atoms with Crippen LogP contribution in [0.2, 0.25) is 0 Å². The van der Waals surface area contributed by atoms with Gasteiger partial charge in [0.15, 0.2) is 5.75 Å². The number of ether oxygens (including phenoxy) is 1. The Labute approximate surface area is 120 Å². The Morgan fingerprint density at radius 3 is 2.24 bits per heavy atom. The molecule has 5 heteroatoms. The fraction of sp³-hybridized carbons (Fsp3) is 0. The summed E-state index contributed by atoms with van der Waals surface area (Å²) in [5, 5.41) is 13.7. The van der Waals surface area contributed by atoms with Gasteiger partial charge in [-0.2, -0.15) is 9.78 Å². The number of aromatic nitrogens is 2. The third kappa shape index (κ3) is 2.62. The first-order valence-corrected chi connectivity index (χ1v) is 6.35. The van der Waals surface area contributed by atoms with E-state index in [-0.39, 0.29) is 11.5 Å². The van der Waals surface area contributed by atoms with E-state index in [9.17, 15) is 9.90 Å². The Morgan fingerprint density at radius 2 is 1.57 bits per heavy atom. The van der Waals surface area contributed by atoms with E-state index >= 15 is 0 Å². The summed E-state index contributed by atoms with van der Waals surface area (Å²) in [6, 6.07) is 17.7. The van der Waals surface area contributed by atoms with Crippen molar-refractivity contribution in [2.75, 3.05) is 0 Å². The molecular weight excluding hydrogens is 268 g/mol. The highest BCUT2D eigenvalue weighted by atomic mass is 16.5. The Bertz CT molecular complexity index is 799. The Balaban J connectivity index is 2.07. The van der Waals surface area contributed by atoms with E-state index in [1.54, 1.807) is 48.5 Å². The molecule has 0 atom stereocenters. The van der Waals surface area contributed by atoms with E-state index in [1.165, 1.54) is 10.9 Å². The van der Waals surface area contributed by atoms with Crippen LogP contribution < -0.4 is 10.3 Å². The molecule has 5 nitrogen and oxygen atoms in total. The van der Waals surface area contributed by atoms with E-state index < -0.39 is 5.56 Å². The molecule has 0 saturated carbocycles. The van der Waals surface area contributed by atoms with E-state index in [4.69, 9.17) is 4.74 Å². The first-order valence-electron chi connectivity index (χ1n) is 6.35. The van der Waals surface area contributed by atoms with Crippen molar-refractivity contribution in [3.63, 3.8) is 0 Å². The quantitative estimate of drug-likeness (QED) is 0.801. The van der Waals surface area contributed by atoms with E-state index in [0.29, 0.717) is 11.4 Å². The molecule has 3 rings (SSSR count). The zero-order chi connectivity index (χ0) is 14.7. The van der Waals surface area contributed by atoms with Gasteiger partial charge in [0.25, 0.3) is 0 Å². The molecule has 0 bridgehead atoms. The third-order valence-electron chi connectivity index (χ3n) is 2.88. The zero-order valence-corrected chi connectivity index (χ0v) is 11.0. The maximum atomic E-state index is 12.4. The summed E-state index contributed by atoms with van der Waals surface area (Å²) < 4.78 is 6.66. The maximum Gasteiger partial charge on any atom is 0.318 e. The van der Waals surface area contributed by atoms with Crippen LogP contribution in [0.15, 0.2) is 71.7 Å². The molecule has 1 aromatic heterocycles. The van der Waals surface area contributed by atoms with Crippen LogP contribution in [0.25, 0.3) is 5.69 Å². The van der Waals surface area contributed by atoms with E-state index in [0.717, 1.165) is 0 Å². The van der Waals surface area contributed by atoms with Gasteiger partial charge in [0, 0.05) is 0 Å². The highest BCUT2D eigenvalue weighted by Gasteiger charge is 2.14. The molecule has 2 aromatic carbocycles. The van der Waals surface area contributed by atoms with Gasteiger partial charge in [0.05, 0.1) is 11.9 Å². The van der Waals surface area contributed by atoms with Gasteiger partial charge in [0.1, 0.15) is 5.75 Å². The van der Waals surface area contributed by atoms with Crippen LogP contribution in [-0.2, 0) is 0 Å². The lowest BCUT2D eigenvalue weighted by molar-refractivity contribution is 0.397. The van der Waals surface area contributed by atoms with Gasteiger partial charge >= 0.3 is 5.56 Å². The zero-order valence-electron chi connectivity index (χ0n) is 11.0. The number of hydrogen-bond acceptors (Lipinski definition) is 4. The van der Waals surface area contributed by atoms with Gasteiger partial charge in [-0.3, -0.25) is 4.79 Å². The lowest BCUT2D eigenvalue weighted by Gasteiger charge is -2.09. The van der Waals surface area contributed by atoms with Gasteiger partial charge in [-0.25, -0.2) is 0 Å². The van der Waals surface area contributed by atoms with Crippen molar-refractivity contribution in [2.24, 2.45) is 0 Å². The summed E-state index contributed by atoms with van der Waals surface area (Å²) in [6.07, 6.45) is 1.19. The minimum absolute atomic E-state index is 0.153. The predicted molar refractivity (Wildman–Crippen MR) is 78.0 cm³/mol. The topological polar surface area (TPSA) is 64.3 Å². The number of aromatic hydroxyl groups is 1. The average molecular weight is 280 g/mol. The highest BCUT2D eigenvalue weighted by molar-refractivity contribution is 5.41. The van der Waals surface area contributed by atoms with Crippen molar-refractivity contribution in [1.29, 1.82) is 0 Å². The molecule has 0 radical (unpaired) electrons. The fourth-order valence-electron chi connectivity index (χ4n) is 1.88. The monoisotopic (exact) mass is 280 g/mol. The summed E-state index contributed by atoms with van der Waals surface area (Å²) >= 11 is 0. The van der Waals surface area contributed by atoms with Crippen molar-refractivity contribution in [3.8, 4) is 22.9 Å².